The van der Waals surface area contributed by atoms with Crippen LogP contribution in [0.15, 0.2) is 23.7 Å². The summed E-state index contributed by atoms with van der Waals surface area (Å²) in [6, 6.07) is 0. The van der Waals surface area contributed by atoms with Gasteiger partial charge >= 0.3 is 0 Å². The standard InChI is InChI=1S/C16H22O5/c1-9-8-10-6-5-7-11(19-2)15(10)14(21-4)12(20-3)13(17)16(9,15)18/h10-11,18H,1,5-8H2,2-4H3/t10-,11-,15+,16-/m1/s1. The first-order chi connectivity index (χ1) is 9.99. The molecule has 21 heavy (non-hydrogen) atoms. The molecule has 0 aromatic carbocycles. The van der Waals surface area contributed by atoms with Crippen LogP contribution in [0.1, 0.15) is 25.7 Å². The van der Waals surface area contributed by atoms with Gasteiger partial charge in [0.2, 0.25) is 11.5 Å². The number of carbonyl (C=O) groups is 1. The van der Waals surface area contributed by atoms with Gasteiger partial charge in [0.25, 0.3) is 0 Å². The maximum Gasteiger partial charge on any atom is 0.237 e. The van der Waals surface area contributed by atoms with E-state index in [-0.39, 0.29) is 17.8 Å². The number of hydrogen-bond donors (Lipinski definition) is 1. The number of ether oxygens (including phenoxy) is 3. The fraction of sp³-hybridized carbons (Fsp3) is 0.688. The lowest BCUT2D eigenvalue weighted by molar-refractivity contribution is -0.162. The van der Waals surface area contributed by atoms with E-state index in [0.717, 1.165) is 19.3 Å². The van der Waals surface area contributed by atoms with E-state index in [1.807, 2.05) is 0 Å². The Morgan fingerprint density at radius 2 is 1.95 bits per heavy atom. The zero-order valence-corrected chi connectivity index (χ0v) is 12.8. The van der Waals surface area contributed by atoms with Gasteiger partial charge < -0.3 is 19.3 Å². The van der Waals surface area contributed by atoms with E-state index in [9.17, 15) is 9.90 Å². The number of ketones is 1. The Kier molecular flexibility index (Phi) is 3.19. The Balaban J connectivity index is 2.31. The van der Waals surface area contributed by atoms with Crippen LogP contribution in [0.3, 0.4) is 0 Å². The summed E-state index contributed by atoms with van der Waals surface area (Å²) >= 11 is 0. The van der Waals surface area contributed by atoms with E-state index in [1.54, 1.807) is 7.11 Å². The average Bonchev–Trinajstić information content (AvgIpc) is 2.83. The summed E-state index contributed by atoms with van der Waals surface area (Å²) in [4.78, 5) is 12.8. The summed E-state index contributed by atoms with van der Waals surface area (Å²) in [5, 5.41) is 11.3. The molecule has 5 heteroatoms. The van der Waals surface area contributed by atoms with Gasteiger partial charge in [0.1, 0.15) is 5.41 Å². The third kappa shape index (κ3) is 1.36. The number of methoxy groups -OCH3 is 3. The fourth-order valence-electron chi connectivity index (χ4n) is 4.85. The molecule has 0 heterocycles. The monoisotopic (exact) mass is 294 g/mol. The predicted molar refractivity (Wildman–Crippen MR) is 75.3 cm³/mol. The smallest absolute Gasteiger partial charge is 0.237 e. The van der Waals surface area contributed by atoms with Crippen LogP contribution in [-0.2, 0) is 19.0 Å². The van der Waals surface area contributed by atoms with Gasteiger partial charge in [0.15, 0.2) is 11.4 Å². The van der Waals surface area contributed by atoms with Crippen molar-refractivity contribution in [3.05, 3.63) is 23.7 Å². The zero-order valence-electron chi connectivity index (χ0n) is 12.8. The molecule has 3 aliphatic rings. The van der Waals surface area contributed by atoms with Gasteiger partial charge in [-0.1, -0.05) is 13.0 Å². The number of hydrogen-bond acceptors (Lipinski definition) is 5. The van der Waals surface area contributed by atoms with Gasteiger partial charge in [-0.2, -0.15) is 0 Å². The van der Waals surface area contributed by atoms with E-state index in [2.05, 4.69) is 6.58 Å². The van der Waals surface area contributed by atoms with Crippen molar-refractivity contribution in [2.24, 2.45) is 11.3 Å². The average molecular weight is 294 g/mol. The third-order valence-electron chi connectivity index (χ3n) is 5.58. The highest BCUT2D eigenvalue weighted by Gasteiger charge is 2.77. The van der Waals surface area contributed by atoms with Gasteiger partial charge in [-0.25, -0.2) is 0 Å². The number of rotatable bonds is 3. The SMILES string of the molecule is C=C1C[C@H]2CCC[C@@H](OC)[C@]23C(OC)=C(OC)C(=O)[C@]13O. The molecule has 3 aliphatic carbocycles. The van der Waals surface area contributed by atoms with Crippen LogP contribution in [0.25, 0.3) is 0 Å². The van der Waals surface area contributed by atoms with Crippen molar-refractivity contribution in [3.8, 4) is 0 Å². The normalized spacial score (nSPS) is 42.1. The van der Waals surface area contributed by atoms with Gasteiger partial charge in [-0.05, 0) is 30.8 Å². The van der Waals surface area contributed by atoms with Crippen molar-refractivity contribution in [3.63, 3.8) is 0 Å². The van der Waals surface area contributed by atoms with E-state index >= 15 is 0 Å². The van der Waals surface area contributed by atoms with Gasteiger partial charge in [-0.3, -0.25) is 4.79 Å². The summed E-state index contributed by atoms with van der Waals surface area (Å²) < 4.78 is 16.5. The molecule has 0 amide bonds. The first-order valence-corrected chi connectivity index (χ1v) is 7.31. The van der Waals surface area contributed by atoms with Crippen molar-refractivity contribution >= 4 is 5.78 Å². The Bertz CT molecular complexity index is 537. The molecule has 1 spiro atoms. The molecule has 5 nitrogen and oxygen atoms in total. The second-order valence-corrected chi connectivity index (χ2v) is 6.13. The lowest BCUT2D eigenvalue weighted by Crippen LogP contribution is -2.58. The minimum Gasteiger partial charge on any atom is -0.496 e. The lowest BCUT2D eigenvalue weighted by atomic mass is 9.60. The summed E-state index contributed by atoms with van der Waals surface area (Å²) in [7, 11) is 4.56. The highest BCUT2D eigenvalue weighted by Crippen LogP contribution is 2.68. The number of Topliss-reactive ketones (excluding diaryl/α,β-unsaturated/α-hetero) is 1. The molecule has 0 aliphatic heterocycles. The molecule has 116 valence electrons. The quantitative estimate of drug-likeness (QED) is 0.800. The fourth-order valence-corrected chi connectivity index (χ4v) is 4.85. The zero-order chi connectivity index (χ0) is 15.4. The molecule has 4 atom stereocenters. The number of carbonyl (C=O) groups excluding carboxylic acids is 1. The molecule has 0 aromatic heterocycles. The van der Waals surface area contributed by atoms with Crippen molar-refractivity contribution in [2.75, 3.05) is 21.3 Å². The van der Waals surface area contributed by atoms with E-state index in [4.69, 9.17) is 14.2 Å². The minimum absolute atomic E-state index is 0.0836. The highest BCUT2D eigenvalue weighted by atomic mass is 16.5. The molecule has 3 rings (SSSR count). The van der Waals surface area contributed by atoms with Crippen LogP contribution < -0.4 is 0 Å². The molecule has 0 aromatic rings. The van der Waals surface area contributed by atoms with Gasteiger partial charge in [0, 0.05) is 7.11 Å². The molecule has 1 N–H and O–H groups in total. The lowest BCUT2D eigenvalue weighted by Gasteiger charge is -2.48. The van der Waals surface area contributed by atoms with Crippen LogP contribution in [0.5, 0.6) is 0 Å². The van der Waals surface area contributed by atoms with E-state index in [0.29, 0.717) is 17.8 Å². The molecule has 0 bridgehead atoms. The van der Waals surface area contributed by atoms with Crippen molar-refractivity contribution in [2.45, 2.75) is 37.4 Å². The van der Waals surface area contributed by atoms with Gasteiger partial charge in [0.05, 0.1) is 20.3 Å². The first kappa shape index (κ1) is 14.6. The Labute approximate surface area is 124 Å². The Hall–Kier alpha value is -1.33. The van der Waals surface area contributed by atoms with Crippen LogP contribution >= 0.6 is 0 Å². The summed E-state index contributed by atoms with van der Waals surface area (Å²) in [6.07, 6.45) is 3.03. The second-order valence-electron chi connectivity index (χ2n) is 6.13. The Morgan fingerprint density at radius 3 is 2.52 bits per heavy atom. The topological polar surface area (TPSA) is 65.0 Å². The van der Waals surface area contributed by atoms with Crippen molar-refractivity contribution < 1.29 is 24.1 Å². The predicted octanol–water partition coefficient (Wildman–Crippen LogP) is 1.57. The molecule has 0 radical (unpaired) electrons. The second kappa shape index (κ2) is 4.58. The Morgan fingerprint density at radius 1 is 1.24 bits per heavy atom. The molecular weight excluding hydrogens is 272 g/mol. The maximum atomic E-state index is 12.8. The highest BCUT2D eigenvalue weighted by molar-refractivity contribution is 6.08. The molecular formula is C16H22O5. The molecule has 0 unspecified atom stereocenters. The van der Waals surface area contributed by atoms with Crippen LogP contribution in [0.2, 0.25) is 0 Å². The summed E-state index contributed by atoms with van der Waals surface area (Å²) in [5.41, 5.74) is -2.02. The molecule has 2 saturated carbocycles. The van der Waals surface area contributed by atoms with Gasteiger partial charge in [-0.15, -0.1) is 0 Å². The van der Waals surface area contributed by atoms with Crippen LogP contribution in [0.4, 0.5) is 0 Å². The van der Waals surface area contributed by atoms with Crippen molar-refractivity contribution in [1.29, 1.82) is 0 Å². The molecule has 0 saturated heterocycles. The van der Waals surface area contributed by atoms with Crippen LogP contribution in [0, 0.1) is 11.3 Å². The minimum atomic E-state index is -1.67. The summed E-state index contributed by atoms with van der Waals surface area (Å²) in [5.74, 6) is 0.168. The van der Waals surface area contributed by atoms with Crippen LogP contribution in [-0.4, -0.2) is 43.9 Å². The van der Waals surface area contributed by atoms with Crippen molar-refractivity contribution in [1.82, 2.24) is 0 Å². The third-order valence-corrected chi connectivity index (χ3v) is 5.58. The van der Waals surface area contributed by atoms with E-state index < -0.39 is 16.8 Å². The number of aliphatic hydroxyl groups is 1. The first-order valence-electron chi connectivity index (χ1n) is 7.31. The molecule has 2 fully saturated rings. The van der Waals surface area contributed by atoms with E-state index in [1.165, 1.54) is 14.2 Å². The largest absolute Gasteiger partial charge is 0.496 e. The maximum absolute atomic E-state index is 12.8. The summed E-state index contributed by atoms with van der Waals surface area (Å²) in [6.45, 7) is 3.98.